The molecule has 92 valence electrons. The van der Waals surface area contributed by atoms with E-state index in [1.165, 1.54) is 24.4 Å². The van der Waals surface area contributed by atoms with Crippen molar-refractivity contribution in [3.8, 4) is 0 Å². The van der Waals surface area contributed by atoms with Crippen LogP contribution < -0.4 is 4.90 Å². The van der Waals surface area contributed by atoms with Gasteiger partial charge in [0.25, 0.3) is 0 Å². The minimum atomic E-state index is -1.03. The maximum atomic E-state index is 13.1. The number of halogens is 1. The summed E-state index contributed by atoms with van der Waals surface area (Å²) in [7, 11) is 1.73. The summed E-state index contributed by atoms with van der Waals surface area (Å²) in [6.45, 7) is 0. The summed E-state index contributed by atoms with van der Waals surface area (Å²) in [5, 5.41) is 8.76. The van der Waals surface area contributed by atoms with Gasteiger partial charge < -0.3 is 10.0 Å². The van der Waals surface area contributed by atoms with Crippen LogP contribution in [0, 0.1) is 5.82 Å². The van der Waals surface area contributed by atoms with E-state index in [9.17, 15) is 9.18 Å². The molecular weight excluding hydrogens is 235 g/mol. The fourth-order valence-corrected chi connectivity index (χ4v) is 1.53. The summed E-state index contributed by atoms with van der Waals surface area (Å²) >= 11 is 0. The SMILES string of the molecule is CN(c1cccc(F)c1)c1ccc(C(=O)O)cn1. The van der Waals surface area contributed by atoms with Crippen LogP contribution in [0.15, 0.2) is 42.6 Å². The first-order chi connectivity index (χ1) is 8.58. The van der Waals surface area contributed by atoms with E-state index >= 15 is 0 Å². The van der Waals surface area contributed by atoms with Crippen LogP contribution in [-0.2, 0) is 0 Å². The molecule has 1 aromatic carbocycles. The van der Waals surface area contributed by atoms with Crippen molar-refractivity contribution in [2.75, 3.05) is 11.9 Å². The van der Waals surface area contributed by atoms with E-state index in [0.717, 1.165) is 0 Å². The second-order valence-corrected chi connectivity index (χ2v) is 3.75. The van der Waals surface area contributed by atoms with E-state index in [4.69, 9.17) is 5.11 Å². The predicted molar refractivity (Wildman–Crippen MR) is 65.7 cm³/mol. The predicted octanol–water partition coefficient (Wildman–Crippen LogP) is 2.69. The minimum absolute atomic E-state index is 0.117. The number of rotatable bonds is 3. The average Bonchev–Trinajstić information content (AvgIpc) is 2.38. The highest BCUT2D eigenvalue weighted by Crippen LogP contribution is 2.22. The Morgan fingerprint density at radius 3 is 2.67 bits per heavy atom. The van der Waals surface area contributed by atoms with Gasteiger partial charge in [-0.3, -0.25) is 0 Å². The number of benzene rings is 1. The van der Waals surface area contributed by atoms with Crippen LogP contribution in [-0.4, -0.2) is 23.1 Å². The zero-order valence-corrected chi connectivity index (χ0v) is 9.67. The lowest BCUT2D eigenvalue weighted by Crippen LogP contribution is -2.11. The van der Waals surface area contributed by atoms with Crippen molar-refractivity contribution in [2.45, 2.75) is 0 Å². The zero-order valence-electron chi connectivity index (χ0n) is 9.67. The van der Waals surface area contributed by atoms with E-state index in [1.54, 1.807) is 30.1 Å². The van der Waals surface area contributed by atoms with Crippen molar-refractivity contribution >= 4 is 17.5 Å². The molecule has 0 unspecified atom stereocenters. The summed E-state index contributed by atoms with van der Waals surface area (Å²) in [4.78, 5) is 16.4. The Hall–Kier alpha value is -2.43. The molecule has 2 rings (SSSR count). The number of nitrogens with zero attached hydrogens (tertiary/aromatic N) is 2. The number of aromatic nitrogens is 1. The van der Waals surface area contributed by atoms with Crippen molar-refractivity contribution in [3.05, 3.63) is 54.0 Å². The number of pyridine rings is 1. The second-order valence-electron chi connectivity index (χ2n) is 3.75. The topological polar surface area (TPSA) is 53.4 Å². The van der Waals surface area contributed by atoms with Crippen LogP contribution in [0.2, 0.25) is 0 Å². The maximum Gasteiger partial charge on any atom is 0.337 e. The van der Waals surface area contributed by atoms with E-state index < -0.39 is 5.97 Å². The Labute approximate surface area is 103 Å². The van der Waals surface area contributed by atoms with Gasteiger partial charge in [-0.2, -0.15) is 0 Å². The molecule has 0 atom stereocenters. The summed E-state index contributed by atoms with van der Waals surface area (Å²) < 4.78 is 13.1. The normalized spacial score (nSPS) is 10.1. The third kappa shape index (κ3) is 2.45. The van der Waals surface area contributed by atoms with Crippen LogP contribution in [0.5, 0.6) is 0 Å². The fourth-order valence-electron chi connectivity index (χ4n) is 1.53. The number of anilines is 2. The molecule has 0 aliphatic carbocycles. The molecule has 0 saturated carbocycles. The molecule has 0 aliphatic heterocycles. The van der Waals surface area contributed by atoms with Gasteiger partial charge in [0.1, 0.15) is 11.6 Å². The van der Waals surface area contributed by atoms with Gasteiger partial charge in [-0.1, -0.05) is 6.07 Å². The van der Waals surface area contributed by atoms with Crippen molar-refractivity contribution < 1.29 is 14.3 Å². The Bertz CT molecular complexity index is 569. The first-order valence-corrected chi connectivity index (χ1v) is 5.26. The van der Waals surface area contributed by atoms with Gasteiger partial charge in [0.2, 0.25) is 0 Å². The second kappa shape index (κ2) is 4.83. The van der Waals surface area contributed by atoms with Crippen LogP contribution in [0.25, 0.3) is 0 Å². The van der Waals surface area contributed by atoms with E-state index in [2.05, 4.69) is 4.98 Å². The van der Waals surface area contributed by atoms with E-state index in [1.807, 2.05) is 0 Å². The highest BCUT2D eigenvalue weighted by Gasteiger charge is 2.08. The largest absolute Gasteiger partial charge is 0.478 e. The number of carboxylic acids is 1. The standard InChI is InChI=1S/C13H11FN2O2/c1-16(11-4-2-3-10(14)7-11)12-6-5-9(8-15-12)13(17)18/h2-8H,1H3,(H,17,18). The van der Waals surface area contributed by atoms with Gasteiger partial charge >= 0.3 is 5.97 Å². The lowest BCUT2D eigenvalue weighted by Gasteiger charge is -2.18. The molecule has 18 heavy (non-hydrogen) atoms. The molecule has 1 aromatic heterocycles. The monoisotopic (exact) mass is 246 g/mol. The molecule has 4 nitrogen and oxygen atoms in total. The summed E-state index contributed by atoms with van der Waals surface area (Å²) in [5.41, 5.74) is 0.761. The third-order valence-corrected chi connectivity index (χ3v) is 2.53. The molecule has 0 bridgehead atoms. The average molecular weight is 246 g/mol. The van der Waals surface area contributed by atoms with Gasteiger partial charge in [-0.15, -0.1) is 0 Å². The first-order valence-electron chi connectivity index (χ1n) is 5.26. The maximum absolute atomic E-state index is 13.1. The number of carbonyl (C=O) groups is 1. The fraction of sp³-hybridized carbons (Fsp3) is 0.0769. The molecule has 1 heterocycles. The molecule has 0 saturated heterocycles. The van der Waals surface area contributed by atoms with Crippen LogP contribution >= 0.6 is 0 Å². The Morgan fingerprint density at radius 2 is 2.11 bits per heavy atom. The highest BCUT2D eigenvalue weighted by molar-refractivity contribution is 5.87. The van der Waals surface area contributed by atoms with Crippen LogP contribution in [0.4, 0.5) is 15.9 Å². The van der Waals surface area contributed by atoms with Crippen molar-refractivity contribution in [2.24, 2.45) is 0 Å². The van der Waals surface area contributed by atoms with Crippen molar-refractivity contribution in [3.63, 3.8) is 0 Å². The van der Waals surface area contributed by atoms with Gasteiger partial charge in [0.15, 0.2) is 0 Å². The molecule has 0 aliphatic rings. The lowest BCUT2D eigenvalue weighted by molar-refractivity contribution is 0.0696. The number of carboxylic acid groups (broad SMARTS) is 1. The van der Waals surface area contributed by atoms with Crippen LogP contribution in [0.3, 0.4) is 0 Å². The molecule has 0 radical (unpaired) electrons. The molecule has 0 spiro atoms. The molecule has 5 heteroatoms. The van der Waals surface area contributed by atoms with E-state index in [-0.39, 0.29) is 11.4 Å². The van der Waals surface area contributed by atoms with Crippen molar-refractivity contribution in [1.82, 2.24) is 4.98 Å². The summed E-state index contributed by atoms with van der Waals surface area (Å²) in [6.07, 6.45) is 1.27. The Morgan fingerprint density at radius 1 is 1.33 bits per heavy atom. The third-order valence-electron chi connectivity index (χ3n) is 2.53. The van der Waals surface area contributed by atoms with Gasteiger partial charge in [0, 0.05) is 18.9 Å². The number of hydrogen-bond donors (Lipinski definition) is 1. The Balaban J connectivity index is 2.28. The molecule has 2 aromatic rings. The lowest BCUT2D eigenvalue weighted by atomic mass is 10.2. The molecular formula is C13H11FN2O2. The van der Waals surface area contributed by atoms with Gasteiger partial charge in [-0.05, 0) is 30.3 Å². The summed E-state index contributed by atoms with van der Waals surface area (Å²) in [5.74, 6) is -0.811. The molecule has 1 N–H and O–H groups in total. The smallest absolute Gasteiger partial charge is 0.337 e. The van der Waals surface area contributed by atoms with E-state index in [0.29, 0.717) is 11.5 Å². The summed E-state index contributed by atoms with van der Waals surface area (Å²) in [6, 6.07) is 9.13. The van der Waals surface area contributed by atoms with Crippen molar-refractivity contribution in [1.29, 1.82) is 0 Å². The molecule has 0 amide bonds. The number of aromatic carboxylic acids is 1. The van der Waals surface area contributed by atoms with Gasteiger partial charge in [0.05, 0.1) is 5.56 Å². The molecule has 0 fully saturated rings. The highest BCUT2D eigenvalue weighted by atomic mass is 19.1. The Kier molecular flexibility index (Phi) is 3.23. The van der Waals surface area contributed by atoms with Crippen LogP contribution in [0.1, 0.15) is 10.4 Å². The number of hydrogen-bond acceptors (Lipinski definition) is 3. The zero-order chi connectivity index (χ0) is 13.1. The minimum Gasteiger partial charge on any atom is -0.478 e. The first kappa shape index (κ1) is 12.0. The quantitative estimate of drug-likeness (QED) is 0.904. The van der Waals surface area contributed by atoms with Gasteiger partial charge in [-0.25, -0.2) is 14.2 Å².